The standard InChI is InChI=1S/C17H22N6/c1-4-23-12(2)18-14-11-13(7-8-15(14)23)16-19-20-17(21(16)3)22-9-5-6-10-22/h7-8,11H,4-6,9-10H2,1-3H3. The molecule has 3 heterocycles. The van der Waals surface area contributed by atoms with E-state index in [0.29, 0.717) is 0 Å². The zero-order valence-corrected chi connectivity index (χ0v) is 14.0. The fourth-order valence-electron chi connectivity index (χ4n) is 3.55. The van der Waals surface area contributed by atoms with E-state index in [-0.39, 0.29) is 0 Å². The van der Waals surface area contributed by atoms with E-state index < -0.39 is 0 Å². The van der Waals surface area contributed by atoms with Gasteiger partial charge in [0.25, 0.3) is 0 Å². The Morgan fingerprint density at radius 2 is 1.91 bits per heavy atom. The van der Waals surface area contributed by atoms with E-state index >= 15 is 0 Å². The van der Waals surface area contributed by atoms with Gasteiger partial charge in [0.05, 0.1) is 11.0 Å². The molecule has 0 aliphatic carbocycles. The van der Waals surface area contributed by atoms with Crippen LogP contribution in [0.2, 0.25) is 0 Å². The van der Waals surface area contributed by atoms with Crippen LogP contribution in [0.25, 0.3) is 22.4 Å². The molecule has 120 valence electrons. The molecule has 1 aliphatic heterocycles. The number of aryl methyl sites for hydroxylation is 2. The van der Waals surface area contributed by atoms with Crippen molar-refractivity contribution in [3.8, 4) is 11.4 Å². The Morgan fingerprint density at radius 3 is 2.65 bits per heavy atom. The Balaban J connectivity index is 1.77. The number of hydrogen-bond donors (Lipinski definition) is 0. The van der Waals surface area contributed by atoms with Gasteiger partial charge in [0.15, 0.2) is 5.82 Å². The van der Waals surface area contributed by atoms with Gasteiger partial charge in [-0.25, -0.2) is 4.98 Å². The second-order valence-corrected chi connectivity index (χ2v) is 6.18. The lowest BCUT2D eigenvalue weighted by atomic mass is 10.2. The average Bonchev–Trinajstić information content (AvgIpc) is 3.24. The Hall–Kier alpha value is -2.37. The highest BCUT2D eigenvalue weighted by Gasteiger charge is 2.20. The van der Waals surface area contributed by atoms with Crippen LogP contribution in [0, 0.1) is 6.92 Å². The largest absolute Gasteiger partial charge is 0.341 e. The molecule has 3 aromatic rings. The van der Waals surface area contributed by atoms with Gasteiger partial charge in [0, 0.05) is 32.2 Å². The van der Waals surface area contributed by atoms with Gasteiger partial charge in [0.1, 0.15) is 5.82 Å². The predicted molar refractivity (Wildman–Crippen MR) is 91.6 cm³/mol. The molecule has 1 fully saturated rings. The Labute approximate surface area is 135 Å². The van der Waals surface area contributed by atoms with Crippen LogP contribution in [0.5, 0.6) is 0 Å². The molecule has 23 heavy (non-hydrogen) atoms. The van der Waals surface area contributed by atoms with Crippen LogP contribution < -0.4 is 4.90 Å². The first-order valence-corrected chi connectivity index (χ1v) is 8.30. The lowest BCUT2D eigenvalue weighted by Gasteiger charge is -2.15. The number of fused-ring (bicyclic) bond motifs is 1. The fraction of sp³-hybridized carbons (Fsp3) is 0.471. The molecule has 0 bridgehead atoms. The van der Waals surface area contributed by atoms with Crippen molar-refractivity contribution in [1.29, 1.82) is 0 Å². The number of aromatic nitrogens is 5. The van der Waals surface area contributed by atoms with Gasteiger partial charge in [-0.2, -0.15) is 0 Å². The minimum absolute atomic E-state index is 0.900. The number of hydrogen-bond acceptors (Lipinski definition) is 4. The molecule has 0 N–H and O–H groups in total. The molecule has 2 aromatic heterocycles. The molecule has 4 rings (SSSR count). The number of imidazole rings is 1. The smallest absolute Gasteiger partial charge is 0.227 e. The van der Waals surface area contributed by atoms with Crippen molar-refractivity contribution < 1.29 is 0 Å². The van der Waals surface area contributed by atoms with E-state index in [1.165, 1.54) is 18.4 Å². The summed E-state index contributed by atoms with van der Waals surface area (Å²) in [7, 11) is 2.04. The Morgan fingerprint density at radius 1 is 1.13 bits per heavy atom. The zero-order chi connectivity index (χ0) is 16.0. The molecule has 0 unspecified atom stereocenters. The second kappa shape index (κ2) is 5.37. The molecule has 0 saturated carbocycles. The summed E-state index contributed by atoms with van der Waals surface area (Å²) in [5.41, 5.74) is 3.27. The normalized spacial score (nSPS) is 15.0. The molecular formula is C17H22N6. The number of anilines is 1. The molecule has 1 aliphatic rings. The minimum atomic E-state index is 0.900. The number of nitrogens with zero attached hydrogens (tertiary/aromatic N) is 6. The molecule has 0 atom stereocenters. The van der Waals surface area contributed by atoms with Crippen LogP contribution in [0.3, 0.4) is 0 Å². The summed E-state index contributed by atoms with van der Waals surface area (Å²) in [5, 5.41) is 8.83. The zero-order valence-electron chi connectivity index (χ0n) is 14.0. The van der Waals surface area contributed by atoms with Crippen molar-refractivity contribution in [3.63, 3.8) is 0 Å². The quantitative estimate of drug-likeness (QED) is 0.746. The van der Waals surface area contributed by atoms with Crippen molar-refractivity contribution in [2.24, 2.45) is 7.05 Å². The molecule has 1 saturated heterocycles. The van der Waals surface area contributed by atoms with E-state index in [0.717, 1.165) is 48.3 Å². The third-order valence-corrected chi connectivity index (χ3v) is 4.75. The van der Waals surface area contributed by atoms with Crippen LogP contribution >= 0.6 is 0 Å². The van der Waals surface area contributed by atoms with Crippen molar-refractivity contribution in [2.45, 2.75) is 33.2 Å². The first-order valence-electron chi connectivity index (χ1n) is 8.30. The summed E-state index contributed by atoms with van der Waals surface area (Å²) in [6, 6.07) is 6.37. The number of benzene rings is 1. The van der Waals surface area contributed by atoms with Gasteiger partial charge < -0.3 is 9.47 Å². The SMILES string of the molecule is CCn1c(C)nc2cc(-c3nnc(N4CCCC4)n3C)ccc21. The second-order valence-electron chi connectivity index (χ2n) is 6.18. The van der Waals surface area contributed by atoms with Crippen LogP contribution in [-0.2, 0) is 13.6 Å². The van der Waals surface area contributed by atoms with E-state index in [4.69, 9.17) is 0 Å². The van der Waals surface area contributed by atoms with Crippen LogP contribution in [0.15, 0.2) is 18.2 Å². The van der Waals surface area contributed by atoms with E-state index in [9.17, 15) is 0 Å². The van der Waals surface area contributed by atoms with E-state index in [1.54, 1.807) is 0 Å². The van der Waals surface area contributed by atoms with Crippen molar-refractivity contribution in [1.82, 2.24) is 24.3 Å². The lowest BCUT2D eigenvalue weighted by Crippen LogP contribution is -2.21. The highest BCUT2D eigenvalue weighted by atomic mass is 15.4. The summed E-state index contributed by atoms with van der Waals surface area (Å²) < 4.78 is 4.32. The molecule has 0 amide bonds. The molecule has 1 aromatic carbocycles. The molecule has 6 heteroatoms. The average molecular weight is 310 g/mol. The third kappa shape index (κ3) is 2.20. The van der Waals surface area contributed by atoms with Gasteiger partial charge in [-0.05, 0) is 44.9 Å². The fourth-order valence-corrected chi connectivity index (χ4v) is 3.55. The van der Waals surface area contributed by atoms with Crippen molar-refractivity contribution in [2.75, 3.05) is 18.0 Å². The predicted octanol–water partition coefficient (Wildman–Crippen LogP) is 2.76. The third-order valence-electron chi connectivity index (χ3n) is 4.75. The monoisotopic (exact) mass is 310 g/mol. The Kier molecular flexibility index (Phi) is 3.32. The summed E-state index contributed by atoms with van der Waals surface area (Å²) in [6.07, 6.45) is 2.48. The Bertz CT molecular complexity index is 853. The minimum Gasteiger partial charge on any atom is -0.341 e. The summed E-state index contributed by atoms with van der Waals surface area (Å²) in [5.74, 6) is 2.92. The van der Waals surface area contributed by atoms with Crippen LogP contribution in [0.4, 0.5) is 5.95 Å². The van der Waals surface area contributed by atoms with Crippen molar-refractivity contribution >= 4 is 17.0 Å². The number of rotatable bonds is 3. The van der Waals surface area contributed by atoms with Gasteiger partial charge in [-0.1, -0.05) is 0 Å². The topological polar surface area (TPSA) is 51.8 Å². The highest BCUT2D eigenvalue weighted by molar-refractivity contribution is 5.81. The van der Waals surface area contributed by atoms with Gasteiger partial charge >= 0.3 is 0 Å². The van der Waals surface area contributed by atoms with Crippen LogP contribution in [0.1, 0.15) is 25.6 Å². The molecule has 6 nitrogen and oxygen atoms in total. The van der Waals surface area contributed by atoms with Crippen LogP contribution in [-0.4, -0.2) is 37.4 Å². The maximum atomic E-state index is 4.68. The van der Waals surface area contributed by atoms with Gasteiger partial charge in [-0.3, -0.25) is 4.57 Å². The molecule has 0 spiro atoms. The molecule has 0 radical (unpaired) electrons. The first kappa shape index (κ1) is 14.2. The van der Waals surface area contributed by atoms with E-state index in [1.807, 2.05) is 7.05 Å². The highest BCUT2D eigenvalue weighted by Crippen LogP contribution is 2.26. The van der Waals surface area contributed by atoms with Crippen molar-refractivity contribution in [3.05, 3.63) is 24.0 Å². The summed E-state index contributed by atoms with van der Waals surface area (Å²) in [6.45, 7) is 7.28. The first-order chi connectivity index (χ1) is 11.2. The van der Waals surface area contributed by atoms with E-state index in [2.05, 4.69) is 61.3 Å². The van der Waals surface area contributed by atoms with Gasteiger partial charge in [0.2, 0.25) is 5.95 Å². The summed E-state index contributed by atoms with van der Waals surface area (Å²) >= 11 is 0. The van der Waals surface area contributed by atoms with Gasteiger partial charge in [-0.15, -0.1) is 10.2 Å². The maximum Gasteiger partial charge on any atom is 0.227 e. The summed E-state index contributed by atoms with van der Waals surface area (Å²) in [4.78, 5) is 6.99. The lowest BCUT2D eigenvalue weighted by molar-refractivity contribution is 0.753. The molecular weight excluding hydrogens is 288 g/mol. The maximum absolute atomic E-state index is 4.68.